The second-order valence-corrected chi connectivity index (χ2v) is 9.53. The van der Waals surface area contributed by atoms with E-state index in [1.807, 2.05) is 0 Å². The predicted molar refractivity (Wildman–Crippen MR) is 102 cm³/mol. The van der Waals surface area contributed by atoms with Crippen molar-refractivity contribution in [2.45, 2.75) is 10.9 Å². The van der Waals surface area contributed by atoms with Gasteiger partial charge in [-0.1, -0.05) is 61.0 Å². The Morgan fingerprint density at radius 3 is 2.00 bits per heavy atom. The van der Waals surface area contributed by atoms with Crippen LogP contribution in [0.5, 0.6) is 0 Å². The Bertz CT molecular complexity index is 1020. The molecule has 0 saturated carbocycles. The number of benzene rings is 2. The smallest absolute Gasteiger partial charge is 0.233 e. The molecule has 2 aromatic rings. The number of hydrogen-bond acceptors (Lipinski definition) is 4. The maximum absolute atomic E-state index is 12.6. The molecule has 0 radical (unpaired) electrons. The third-order valence-electron chi connectivity index (χ3n) is 3.64. The highest BCUT2D eigenvalue weighted by Gasteiger charge is 2.30. The molecule has 0 aliphatic rings. The molecule has 0 bridgehead atoms. The standard InChI is InChI=1S/C19H19NO4S2/c1-4-19(17-11-7-5-8-12-17)20(25(3,21)22)16(2)15-26(23,24)18-13-9-6-10-14-18/h1,5-14,19H,2,15H2,3H3. The van der Waals surface area contributed by atoms with Gasteiger partial charge < -0.3 is 0 Å². The van der Waals surface area contributed by atoms with E-state index in [2.05, 4.69) is 12.5 Å². The van der Waals surface area contributed by atoms with Crippen molar-refractivity contribution in [3.8, 4) is 12.3 Å². The Kier molecular flexibility index (Phi) is 5.90. The fraction of sp³-hybridized carbons (Fsp3) is 0.158. The van der Waals surface area contributed by atoms with E-state index in [0.29, 0.717) is 5.56 Å². The van der Waals surface area contributed by atoms with E-state index in [9.17, 15) is 16.8 Å². The van der Waals surface area contributed by atoms with Crippen LogP contribution in [0.15, 0.2) is 77.8 Å². The van der Waals surface area contributed by atoms with Crippen molar-refractivity contribution >= 4 is 19.9 Å². The summed E-state index contributed by atoms with van der Waals surface area (Å²) in [5.41, 5.74) is 0.446. The Labute approximate surface area is 154 Å². The average molecular weight is 389 g/mol. The first-order valence-corrected chi connectivity index (χ1v) is 11.1. The van der Waals surface area contributed by atoms with Gasteiger partial charge in [-0.25, -0.2) is 16.8 Å². The van der Waals surface area contributed by atoms with Gasteiger partial charge in [-0.15, -0.1) is 6.42 Å². The first-order chi connectivity index (χ1) is 12.2. The molecule has 0 heterocycles. The van der Waals surface area contributed by atoms with E-state index < -0.39 is 31.7 Å². The van der Waals surface area contributed by atoms with Gasteiger partial charge in [-0.2, -0.15) is 0 Å². The molecule has 26 heavy (non-hydrogen) atoms. The first-order valence-electron chi connectivity index (χ1n) is 7.63. The first kappa shape index (κ1) is 19.8. The number of hydrogen-bond donors (Lipinski definition) is 0. The molecule has 0 amide bonds. The van der Waals surface area contributed by atoms with Gasteiger partial charge in [-0.05, 0) is 17.7 Å². The molecule has 1 atom stereocenters. The minimum atomic E-state index is -3.85. The van der Waals surface area contributed by atoms with Gasteiger partial charge in [0.15, 0.2) is 9.84 Å². The Morgan fingerprint density at radius 2 is 1.54 bits per heavy atom. The molecule has 0 saturated heterocycles. The predicted octanol–water partition coefficient (Wildman–Crippen LogP) is 2.61. The summed E-state index contributed by atoms with van der Waals surface area (Å²) in [5, 5.41) is 0. The number of rotatable bonds is 7. The summed E-state index contributed by atoms with van der Waals surface area (Å²) >= 11 is 0. The Morgan fingerprint density at radius 1 is 1.04 bits per heavy atom. The molecule has 2 rings (SSSR count). The van der Waals surface area contributed by atoms with E-state index in [1.165, 1.54) is 12.1 Å². The second-order valence-electron chi connectivity index (χ2n) is 5.68. The maximum atomic E-state index is 12.6. The number of sulfonamides is 1. The quantitative estimate of drug-likeness (QED) is 0.683. The van der Waals surface area contributed by atoms with Gasteiger partial charge >= 0.3 is 0 Å². The van der Waals surface area contributed by atoms with E-state index in [4.69, 9.17) is 6.42 Å². The van der Waals surface area contributed by atoms with Crippen molar-refractivity contribution in [2.24, 2.45) is 0 Å². The molecule has 5 nitrogen and oxygen atoms in total. The lowest BCUT2D eigenvalue weighted by Crippen LogP contribution is -2.35. The molecule has 0 aliphatic heterocycles. The topological polar surface area (TPSA) is 71.5 Å². The minimum absolute atomic E-state index is 0.0894. The van der Waals surface area contributed by atoms with Crippen LogP contribution in [0.4, 0.5) is 0 Å². The van der Waals surface area contributed by atoms with Crippen LogP contribution in [0.3, 0.4) is 0 Å². The number of sulfone groups is 1. The van der Waals surface area contributed by atoms with Crippen molar-refractivity contribution in [3.63, 3.8) is 0 Å². The zero-order valence-corrected chi connectivity index (χ0v) is 15.9. The highest BCUT2D eigenvalue weighted by atomic mass is 32.2. The summed E-state index contributed by atoms with van der Waals surface area (Å²) in [4.78, 5) is 0.0894. The van der Waals surface area contributed by atoms with Gasteiger partial charge in [0.25, 0.3) is 0 Å². The second kappa shape index (κ2) is 7.77. The minimum Gasteiger partial charge on any atom is -0.255 e. The van der Waals surface area contributed by atoms with Crippen LogP contribution in [0.25, 0.3) is 0 Å². The lowest BCUT2D eigenvalue weighted by molar-refractivity contribution is 0.447. The van der Waals surface area contributed by atoms with Crippen LogP contribution in [0.2, 0.25) is 0 Å². The van der Waals surface area contributed by atoms with Crippen molar-refractivity contribution < 1.29 is 16.8 Å². The summed E-state index contributed by atoms with van der Waals surface area (Å²) in [6, 6.07) is 15.4. The van der Waals surface area contributed by atoms with Crippen molar-refractivity contribution in [1.82, 2.24) is 4.31 Å². The van der Waals surface area contributed by atoms with E-state index in [-0.39, 0.29) is 10.6 Å². The highest BCUT2D eigenvalue weighted by Crippen LogP contribution is 2.28. The Balaban J connectivity index is 2.42. The third kappa shape index (κ3) is 4.54. The monoisotopic (exact) mass is 389 g/mol. The molecule has 0 aliphatic carbocycles. The molecule has 136 valence electrons. The summed E-state index contributed by atoms with van der Waals surface area (Å²) < 4.78 is 50.8. The molecule has 1 unspecified atom stereocenters. The van der Waals surface area contributed by atoms with Gasteiger partial charge in [0.05, 0.1) is 16.9 Å². The fourth-order valence-corrected chi connectivity index (χ4v) is 5.03. The Hall–Kier alpha value is -2.56. The molecule has 0 N–H and O–H groups in total. The van der Waals surface area contributed by atoms with Crippen LogP contribution < -0.4 is 0 Å². The van der Waals surface area contributed by atoms with Gasteiger partial charge in [0.2, 0.25) is 10.0 Å². The number of terminal acetylenes is 1. The van der Waals surface area contributed by atoms with E-state index >= 15 is 0 Å². The third-order valence-corrected chi connectivity index (χ3v) is 6.52. The summed E-state index contributed by atoms with van der Waals surface area (Å²) in [6.45, 7) is 3.70. The zero-order valence-electron chi connectivity index (χ0n) is 14.2. The van der Waals surface area contributed by atoms with Gasteiger partial charge in [0, 0.05) is 5.70 Å². The molecule has 0 aromatic heterocycles. The highest BCUT2D eigenvalue weighted by molar-refractivity contribution is 7.92. The van der Waals surface area contributed by atoms with Gasteiger partial charge in [0.1, 0.15) is 6.04 Å². The van der Waals surface area contributed by atoms with Crippen LogP contribution in [0, 0.1) is 12.3 Å². The molecule has 0 fully saturated rings. The molecule has 2 aromatic carbocycles. The fourth-order valence-electron chi connectivity index (χ4n) is 2.54. The maximum Gasteiger partial charge on any atom is 0.233 e. The van der Waals surface area contributed by atoms with Crippen LogP contribution in [0.1, 0.15) is 11.6 Å². The van der Waals surface area contributed by atoms with Crippen molar-refractivity contribution in [3.05, 3.63) is 78.5 Å². The summed E-state index contributed by atoms with van der Waals surface area (Å²) in [6.07, 6.45) is 6.54. The molecular weight excluding hydrogens is 370 g/mol. The molecule has 7 heteroatoms. The lowest BCUT2D eigenvalue weighted by atomic mass is 10.1. The SMILES string of the molecule is C#CC(c1ccccc1)N(C(=C)CS(=O)(=O)c1ccccc1)S(C)(=O)=O. The van der Waals surface area contributed by atoms with Crippen molar-refractivity contribution in [1.29, 1.82) is 0 Å². The van der Waals surface area contributed by atoms with Crippen LogP contribution >= 0.6 is 0 Å². The molecule has 0 spiro atoms. The molecular formula is C19H19NO4S2. The van der Waals surface area contributed by atoms with E-state index in [1.54, 1.807) is 48.5 Å². The summed E-state index contributed by atoms with van der Waals surface area (Å²) in [7, 11) is -7.61. The summed E-state index contributed by atoms with van der Waals surface area (Å²) in [5.74, 6) is 1.86. The van der Waals surface area contributed by atoms with Crippen molar-refractivity contribution in [2.75, 3.05) is 12.0 Å². The zero-order chi connectivity index (χ0) is 19.4. The normalized spacial score (nSPS) is 12.8. The van der Waals surface area contributed by atoms with Crippen LogP contribution in [-0.4, -0.2) is 33.1 Å². The van der Waals surface area contributed by atoms with E-state index in [0.717, 1.165) is 10.6 Å². The number of nitrogens with zero attached hydrogens (tertiary/aromatic N) is 1. The lowest BCUT2D eigenvalue weighted by Gasteiger charge is -2.30. The largest absolute Gasteiger partial charge is 0.255 e. The van der Waals surface area contributed by atoms with Gasteiger partial charge in [-0.3, -0.25) is 4.31 Å². The van der Waals surface area contributed by atoms with Crippen LogP contribution in [-0.2, 0) is 19.9 Å². The average Bonchev–Trinajstić information content (AvgIpc) is 2.59.